The van der Waals surface area contributed by atoms with Crippen molar-refractivity contribution >= 4 is 11.3 Å². The van der Waals surface area contributed by atoms with Crippen LogP contribution in [0.25, 0.3) is 0 Å². The van der Waals surface area contributed by atoms with Gasteiger partial charge in [0.15, 0.2) is 0 Å². The van der Waals surface area contributed by atoms with Gasteiger partial charge in [-0.1, -0.05) is 13.8 Å². The number of hydrogen-bond acceptors (Lipinski definition) is 4. The second-order valence-corrected chi connectivity index (χ2v) is 7.35. The van der Waals surface area contributed by atoms with E-state index < -0.39 is 0 Å². The van der Waals surface area contributed by atoms with Gasteiger partial charge in [-0.3, -0.25) is 11.3 Å². The molecule has 1 heterocycles. The Balaban J connectivity index is 2.09. The molecule has 114 valence electrons. The van der Waals surface area contributed by atoms with E-state index in [4.69, 9.17) is 10.6 Å². The zero-order chi connectivity index (χ0) is 14.6. The lowest BCUT2D eigenvalue weighted by Crippen LogP contribution is -2.57. The number of thiophene rings is 1. The SMILES string of the molecule is CCc1ccc(CC(NN)C2(OC)CCC(C)CC2)s1. The molecule has 1 aliphatic rings. The summed E-state index contributed by atoms with van der Waals surface area (Å²) in [6.45, 7) is 4.53. The predicted molar refractivity (Wildman–Crippen MR) is 85.9 cm³/mol. The molecule has 0 radical (unpaired) electrons. The number of rotatable bonds is 6. The molecule has 1 atom stereocenters. The van der Waals surface area contributed by atoms with Crippen molar-refractivity contribution in [1.82, 2.24) is 5.43 Å². The Morgan fingerprint density at radius 2 is 2.05 bits per heavy atom. The smallest absolute Gasteiger partial charge is 0.0848 e. The molecule has 4 heteroatoms. The van der Waals surface area contributed by atoms with Gasteiger partial charge < -0.3 is 4.74 Å². The largest absolute Gasteiger partial charge is 0.377 e. The fourth-order valence-corrected chi connectivity index (χ4v) is 4.27. The maximum atomic E-state index is 5.95. The lowest BCUT2D eigenvalue weighted by Gasteiger charge is -2.43. The highest BCUT2D eigenvalue weighted by Crippen LogP contribution is 2.38. The molecule has 0 spiro atoms. The van der Waals surface area contributed by atoms with Crippen LogP contribution in [0.15, 0.2) is 12.1 Å². The predicted octanol–water partition coefficient (Wildman–Crippen LogP) is 3.28. The van der Waals surface area contributed by atoms with Gasteiger partial charge in [0.05, 0.1) is 11.6 Å². The zero-order valence-corrected chi connectivity index (χ0v) is 13.8. The van der Waals surface area contributed by atoms with Crippen LogP contribution in [0.5, 0.6) is 0 Å². The second kappa shape index (κ2) is 7.03. The normalized spacial score (nSPS) is 28.5. The van der Waals surface area contributed by atoms with E-state index in [-0.39, 0.29) is 11.6 Å². The molecule has 1 aromatic rings. The van der Waals surface area contributed by atoms with Gasteiger partial charge in [-0.2, -0.15) is 0 Å². The van der Waals surface area contributed by atoms with Crippen LogP contribution >= 0.6 is 11.3 Å². The van der Waals surface area contributed by atoms with E-state index >= 15 is 0 Å². The van der Waals surface area contributed by atoms with Crippen LogP contribution in [0.4, 0.5) is 0 Å². The first-order chi connectivity index (χ1) is 9.63. The van der Waals surface area contributed by atoms with Crippen molar-refractivity contribution < 1.29 is 4.74 Å². The third-order valence-corrected chi connectivity index (χ3v) is 6.09. The number of ether oxygens (including phenoxy) is 1. The minimum atomic E-state index is -0.0996. The van der Waals surface area contributed by atoms with Crippen LogP contribution in [0.3, 0.4) is 0 Å². The van der Waals surface area contributed by atoms with Gasteiger partial charge in [0.2, 0.25) is 0 Å². The lowest BCUT2D eigenvalue weighted by atomic mass is 9.74. The van der Waals surface area contributed by atoms with Gasteiger partial charge in [0.1, 0.15) is 0 Å². The molecule has 0 aliphatic heterocycles. The molecule has 0 aromatic carbocycles. The zero-order valence-electron chi connectivity index (χ0n) is 12.9. The number of nitrogens with two attached hydrogens (primary N) is 1. The first kappa shape index (κ1) is 16.0. The summed E-state index contributed by atoms with van der Waals surface area (Å²) in [7, 11) is 1.84. The summed E-state index contributed by atoms with van der Waals surface area (Å²) in [5.74, 6) is 6.67. The number of hydrazine groups is 1. The van der Waals surface area contributed by atoms with Crippen LogP contribution in [-0.2, 0) is 17.6 Å². The van der Waals surface area contributed by atoms with Crippen molar-refractivity contribution in [3.8, 4) is 0 Å². The molecule has 1 aliphatic carbocycles. The van der Waals surface area contributed by atoms with Crippen LogP contribution < -0.4 is 11.3 Å². The molecule has 20 heavy (non-hydrogen) atoms. The number of methoxy groups -OCH3 is 1. The van der Waals surface area contributed by atoms with Gasteiger partial charge in [0.25, 0.3) is 0 Å². The van der Waals surface area contributed by atoms with Crippen LogP contribution in [0.2, 0.25) is 0 Å². The van der Waals surface area contributed by atoms with Crippen molar-refractivity contribution in [3.05, 3.63) is 21.9 Å². The Morgan fingerprint density at radius 3 is 2.55 bits per heavy atom. The molecule has 0 amide bonds. The minimum absolute atomic E-state index is 0.0996. The molecule has 0 bridgehead atoms. The van der Waals surface area contributed by atoms with E-state index in [9.17, 15) is 0 Å². The number of hydrogen-bond donors (Lipinski definition) is 2. The molecule has 1 saturated carbocycles. The van der Waals surface area contributed by atoms with Gasteiger partial charge in [-0.25, -0.2) is 0 Å². The standard InChI is InChI=1S/C16H28N2OS/c1-4-13-5-6-14(20-13)11-15(18-17)16(19-3)9-7-12(2)8-10-16/h5-6,12,15,18H,4,7-11,17H2,1-3H3. The summed E-state index contributed by atoms with van der Waals surface area (Å²) in [6, 6.07) is 4.67. The van der Waals surface area contributed by atoms with Gasteiger partial charge in [-0.15, -0.1) is 11.3 Å². The molecule has 1 aromatic heterocycles. The van der Waals surface area contributed by atoms with Crippen LogP contribution in [0.1, 0.15) is 49.3 Å². The summed E-state index contributed by atoms with van der Waals surface area (Å²) in [4.78, 5) is 2.85. The first-order valence-corrected chi connectivity index (χ1v) is 8.54. The number of nitrogens with one attached hydrogen (secondary N) is 1. The number of aryl methyl sites for hydroxylation is 1. The monoisotopic (exact) mass is 296 g/mol. The fraction of sp³-hybridized carbons (Fsp3) is 0.750. The highest BCUT2D eigenvalue weighted by molar-refractivity contribution is 7.11. The summed E-state index contributed by atoms with van der Waals surface area (Å²) >= 11 is 1.90. The van der Waals surface area contributed by atoms with Gasteiger partial charge >= 0.3 is 0 Å². The van der Waals surface area contributed by atoms with E-state index in [0.29, 0.717) is 0 Å². The Morgan fingerprint density at radius 1 is 1.40 bits per heavy atom. The third-order valence-electron chi connectivity index (χ3n) is 4.83. The molecule has 2 rings (SSSR count). The highest BCUT2D eigenvalue weighted by Gasteiger charge is 2.41. The molecular formula is C16H28N2OS. The third kappa shape index (κ3) is 3.42. The van der Waals surface area contributed by atoms with Crippen LogP contribution in [0, 0.1) is 5.92 Å². The Labute approximate surface area is 126 Å². The molecule has 3 N–H and O–H groups in total. The average molecular weight is 296 g/mol. The topological polar surface area (TPSA) is 47.3 Å². The fourth-order valence-electron chi connectivity index (χ4n) is 3.27. The first-order valence-electron chi connectivity index (χ1n) is 7.72. The molecule has 0 saturated heterocycles. The Hall–Kier alpha value is -0.420. The van der Waals surface area contributed by atoms with E-state index in [1.165, 1.54) is 22.6 Å². The molecule has 3 nitrogen and oxygen atoms in total. The van der Waals surface area contributed by atoms with Gasteiger partial charge in [-0.05, 0) is 50.2 Å². The van der Waals surface area contributed by atoms with Crippen molar-refractivity contribution in [2.24, 2.45) is 11.8 Å². The molecule has 1 fully saturated rings. The lowest BCUT2D eigenvalue weighted by molar-refractivity contribution is -0.0745. The van der Waals surface area contributed by atoms with E-state index in [1.54, 1.807) is 0 Å². The molecule has 1 unspecified atom stereocenters. The average Bonchev–Trinajstić information content (AvgIpc) is 2.94. The maximum absolute atomic E-state index is 5.95. The van der Waals surface area contributed by atoms with Crippen molar-refractivity contribution in [2.75, 3.05) is 7.11 Å². The second-order valence-electron chi connectivity index (χ2n) is 6.10. The Bertz CT molecular complexity index is 410. The maximum Gasteiger partial charge on any atom is 0.0848 e. The summed E-state index contributed by atoms with van der Waals surface area (Å²) in [6.07, 6.45) is 6.74. The minimum Gasteiger partial charge on any atom is -0.377 e. The van der Waals surface area contributed by atoms with Gasteiger partial charge in [0, 0.05) is 23.3 Å². The van der Waals surface area contributed by atoms with Crippen molar-refractivity contribution in [2.45, 2.75) is 64.0 Å². The van der Waals surface area contributed by atoms with Crippen LogP contribution in [-0.4, -0.2) is 18.8 Å². The van der Waals surface area contributed by atoms with E-state index in [0.717, 1.165) is 31.6 Å². The Kier molecular flexibility index (Phi) is 5.61. The quantitative estimate of drug-likeness (QED) is 0.625. The summed E-state index contributed by atoms with van der Waals surface area (Å²) < 4.78 is 5.95. The van der Waals surface area contributed by atoms with E-state index in [1.807, 2.05) is 18.4 Å². The van der Waals surface area contributed by atoms with E-state index in [2.05, 4.69) is 31.4 Å². The van der Waals surface area contributed by atoms with Crippen molar-refractivity contribution in [3.63, 3.8) is 0 Å². The van der Waals surface area contributed by atoms with Crippen molar-refractivity contribution in [1.29, 1.82) is 0 Å². The summed E-state index contributed by atoms with van der Waals surface area (Å²) in [5, 5.41) is 0. The molecular weight excluding hydrogens is 268 g/mol. The highest BCUT2D eigenvalue weighted by atomic mass is 32.1. The summed E-state index contributed by atoms with van der Waals surface area (Å²) in [5.41, 5.74) is 2.94.